The first-order valence-corrected chi connectivity index (χ1v) is 3.51. The Labute approximate surface area is 62.6 Å². The Bertz CT molecular complexity index is 125. The number of carbonyl (C=O) groups excluding carboxylic acids is 1. The normalized spacial score (nSPS) is 11.8. The molecule has 0 aromatic rings. The molecule has 0 aliphatic heterocycles. The summed E-state index contributed by atoms with van der Waals surface area (Å²) in [6.45, 7) is 7.81. The first-order chi connectivity index (χ1) is 4.42. The average Bonchev–Trinajstić information content (AvgIpc) is 1.86. The third-order valence-corrected chi connectivity index (χ3v) is 2.15. The molecular weight excluding hydrogens is 128 g/mol. The van der Waals surface area contributed by atoms with Gasteiger partial charge in [-0.3, -0.25) is 4.79 Å². The van der Waals surface area contributed by atoms with Crippen LogP contribution in [0.4, 0.5) is 0 Å². The monoisotopic (exact) mass is 144 g/mol. The molecule has 0 saturated heterocycles. The van der Waals surface area contributed by atoms with Gasteiger partial charge in [-0.25, -0.2) is 0 Å². The number of hydrogen-bond acceptors (Lipinski definition) is 2. The van der Waals surface area contributed by atoms with Gasteiger partial charge in [0.25, 0.3) is 0 Å². The van der Waals surface area contributed by atoms with Gasteiger partial charge in [-0.15, -0.1) is 0 Å². The van der Waals surface area contributed by atoms with Crippen LogP contribution in [0, 0.1) is 11.3 Å². The van der Waals surface area contributed by atoms with Crippen LogP contribution in [0.25, 0.3) is 0 Å². The van der Waals surface area contributed by atoms with E-state index in [9.17, 15) is 4.79 Å². The Kier molecular flexibility index (Phi) is 2.88. The van der Waals surface area contributed by atoms with Crippen molar-refractivity contribution in [1.29, 1.82) is 0 Å². The topological polar surface area (TPSA) is 26.3 Å². The first-order valence-electron chi connectivity index (χ1n) is 3.51. The third-order valence-electron chi connectivity index (χ3n) is 2.15. The molecule has 0 amide bonds. The SMILES string of the molecule is COC(=O)C(C)(C)C(C)C. The van der Waals surface area contributed by atoms with Crippen molar-refractivity contribution in [1.82, 2.24) is 0 Å². The number of carbonyl (C=O) groups is 1. The van der Waals surface area contributed by atoms with Crippen LogP contribution in [0.5, 0.6) is 0 Å². The van der Waals surface area contributed by atoms with E-state index in [0.717, 1.165) is 0 Å². The standard InChI is InChI=1S/C8H16O2/c1-6(2)8(3,4)7(9)10-5/h6H,1-5H3. The van der Waals surface area contributed by atoms with Crippen molar-refractivity contribution in [2.75, 3.05) is 7.11 Å². The van der Waals surface area contributed by atoms with Crippen LogP contribution in [-0.4, -0.2) is 13.1 Å². The molecule has 0 aromatic heterocycles. The van der Waals surface area contributed by atoms with Crippen molar-refractivity contribution in [3.05, 3.63) is 0 Å². The summed E-state index contributed by atoms with van der Waals surface area (Å²) in [4.78, 5) is 11.1. The van der Waals surface area contributed by atoms with Crippen LogP contribution in [0.1, 0.15) is 27.7 Å². The summed E-state index contributed by atoms with van der Waals surface area (Å²) in [5.41, 5.74) is -0.352. The van der Waals surface area contributed by atoms with E-state index in [4.69, 9.17) is 0 Å². The Hall–Kier alpha value is -0.530. The Balaban J connectivity index is 4.24. The van der Waals surface area contributed by atoms with Gasteiger partial charge >= 0.3 is 5.97 Å². The van der Waals surface area contributed by atoms with Crippen molar-refractivity contribution >= 4 is 5.97 Å². The summed E-state index contributed by atoms with van der Waals surface area (Å²) >= 11 is 0. The number of rotatable bonds is 2. The molecule has 0 heterocycles. The van der Waals surface area contributed by atoms with E-state index in [2.05, 4.69) is 4.74 Å². The number of esters is 1. The van der Waals surface area contributed by atoms with Gasteiger partial charge in [0, 0.05) is 0 Å². The van der Waals surface area contributed by atoms with Gasteiger partial charge in [-0.1, -0.05) is 13.8 Å². The molecule has 0 radical (unpaired) electrons. The van der Waals surface area contributed by atoms with E-state index in [-0.39, 0.29) is 11.4 Å². The fraction of sp³-hybridized carbons (Fsp3) is 0.875. The molecule has 0 saturated carbocycles. The van der Waals surface area contributed by atoms with Crippen molar-refractivity contribution in [3.63, 3.8) is 0 Å². The van der Waals surface area contributed by atoms with Gasteiger partial charge in [0.15, 0.2) is 0 Å². The fourth-order valence-electron chi connectivity index (χ4n) is 0.499. The summed E-state index contributed by atoms with van der Waals surface area (Å²) in [7, 11) is 1.42. The van der Waals surface area contributed by atoms with Crippen molar-refractivity contribution < 1.29 is 9.53 Å². The van der Waals surface area contributed by atoms with Crippen molar-refractivity contribution in [2.45, 2.75) is 27.7 Å². The largest absolute Gasteiger partial charge is 0.469 e. The maximum absolute atomic E-state index is 11.1. The summed E-state index contributed by atoms with van der Waals surface area (Å²) < 4.78 is 4.64. The molecule has 0 aliphatic carbocycles. The second-order valence-corrected chi connectivity index (χ2v) is 3.37. The van der Waals surface area contributed by atoms with Gasteiger partial charge in [-0.2, -0.15) is 0 Å². The molecule has 10 heavy (non-hydrogen) atoms. The van der Waals surface area contributed by atoms with Gasteiger partial charge in [-0.05, 0) is 19.8 Å². The molecule has 0 rings (SSSR count). The van der Waals surface area contributed by atoms with E-state index in [1.807, 2.05) is 27.7 Å². The molecule has 2 nitrogen and oxygen atoms in total. The zero-order chi connectivity index (χ0) is 8.36. The summed E-state index contributed by atoms with van der Waals surface area (Å²) in [6.07, 6.45) is 0. The summed E-state index contributed by atoms with van der Waals surface area (Å²) in [5.74, 6) is 0.183. The van der Waals surface area contributed by atoms with Crippen LogP contribution in [-0.2, 0) is 9.53 Å². The lowest BCUT2D eigenvalue weighted by atomic mass is 9.81. The van der Waals surface area contributed by atoms with Crippen LogP contribution in [0.3, 0.4) is 0 Å². The lowest BCUT2D eigenvalue weighted by molar-refractivity contribution is -0.153. The Morgan fingerprint density at radius 2 is 1.80 bits per heavy atom. The molecule has 0 bridgehead atoms. The van der Waals surface area contributed by atoms with Crippen molar-refractivity contribution in [3.8, 4) is 0 Å². The zero-order valence-electron chi connectivity index (χ0n) is 7.39. The molecule has 0 fully saturated rings. The van der Waals surface area contributed by atoms with E-state index in [1.165, 1.54) is 7.11 Å². The van der Waals surface area contributed by atoms with E-state index in [0.29, 0.717) is 5.92 Å². The molecular formula is C8H16O2. The fourth-order valence-corrected chi connectivity index (χ4v) is 0.499. The minimum absolute atomic E-state index is 0.137. The molecule has 0 atom stereocenters. The second kappa shape index (κ2) is 3.04. The average molecular weight is 144 g/mol. The van der Waals surface area contributed by atoms with Crippen LogP contribution < -0.4 is 0 Å². The molecule has 0 aromatic carbocycles. The van der Waals surface area contributed by atoms with Gasteiger partial charge in [0.2, 0.25) is 0 Å². The quantitative estimate of drug-likeness (QED) is 0.553. The maximum Gasteiger partial charge on any atom is 0.311 e. The van der Waals surface area contributed by atoms with Crippen LogP contribution >= 0.6 is 0 Å². The van der Waals surface area contributed by atoms with Crippen LogP contribution in [0.15, 0.2) is 0 Å². The summed E-state index contributed by atoms with van der Waals surface area (Å²) in [6, 6.07) is 0. The minimum Gasteiger partial charge on any atom is -0.469 e. The number of ether oxygens (including phenoxy) is 1. The second-order valence-electron chi connectivity index (χ2n) is 3.37. The van der Waals surface area contributed by atoms with E-state index < -0.39 is 0 Å². The number of hydrogen-bond donors (Lipinski definition) is 0. The van der Waals surface area contributed by atoms with Gasteiger partial charge < -0.3 is 4.74 Å². The highest BCUT2D eigenvalue weighted by atomic mass is 16.5. The highest BCUT2D eigenvalue weighted by Gasteiger charge is 2.31. The molecule has 0 aliphatic rings. The van der Waals surface area contributed by atoms with E-state index >= 15 is 0 Å². The minimum atomic E-state index is -0.352. The molecule has 0 spiro atoms. The maximum atomic E-state index is 11.1. The predicted molar refractivity (Wildman–Crippen MR) is 40.6 cm³/mol. The lowest BCUT2D eigenvalue weighted by Gasteiger charge is -2.25. The molecule has 0 N–H and O–H groups in total. The molecule has 2 heteroatoms. The molecule has 60 valence electrons. The molecule has 0 unspecified atom stereocenters. The Morgan fingerprint density at radius 1 is 1.40 bits per heavy atom. The predicted octanol–water partition coefficient (Wildman–Crippen LogP) is 1.84. The van der Waals surface area contributed by atoms with Crippen molar-refractivity contribution in [2.24, 2.45) is 11.3 Å². The van der Waals surface area contributed by atoms with Gasteiger partial charge in [0.1, 0.15) is 0 Å². The first kappa shape index (κ1) is 9.47. The zero-order valence-corrected chi connectivity index (χ0v) is 7.39. The Morgan fingerprint density at radius 3 is 1.90 bits per heavy atom. The van der Waals surface area contributed by atoms with E-state index in [1.54, 1.807) is 0 Å². The van der Waals surface area contributed by atoms with Crippen LogP contribution in [0.2, 0.25) is 0 Å². The third kappa shape index (κ3) is 1.72. The summed E-state index contributed by atoms with van der Waals surface area (Å²) in [5, 5.41) is 0. The highest BCUT2D eigenvalue weighted by Crippen LogP contribution is 2.26. The smallest absolute Gasteiger partial charge is 0.311 e. The highest BCUT2D eigenvalue weighted by molar-refractivity contribution is 5.75. The lowest BCUT2D eigenvalue weighted by Crippen LogP contribution is -2.30. The number of methoxy groups -OCH3 is 1. The van der Waals surface area contributed by atoms with Gasteiger partial charge in [0.05, 0.1) is 12.5 Å².